The van der Waals surface area contributed by atoms with E-state index in [-0.39, 0.29) is 12.2 Å². The largest absolute Gasteiger partial charge is 0.326 e. The fourth-order valence-corrected chi connectivity index (χ4v) is 2.62. The number of hydrogen-bond donors (Lipinski definition) is 1. The molecular weight excluding hydrogens is 200 g/mol. The Morgan fingerprint density at radius 2 is 2.06 bits per heavy atom. The Morgan fingerprint density at radius 3 is 2.56 bits per heavy atom. The zero-order valence-corrected chi connectivity index (χ0v) is 10.9. The number of amides is 1. The predicted molar refractivity (Wildman–Crippen MR) is 64.8 cm³/mol. The van der Waals surface area contributed by atoms with E-state index in [0.717, 1.165) is 24.8 Å². The average molecular weight is 224 g/mol. The second-order valence-electron chi connectivity index (χ2n) is 6.00. The molecule has 2 rings (SSSR count). The van der Waals surface area contributed by atoms with Crippen LogP contribution in [0.2, 0.25) is 0 Å². The van der Waals surface area contributed by atoms with Gasteiger partial charge >= 0.3 is 0 Å². The summed E-state index contributed by atoms with van der Waals surface area (Å²) < 4.78 is 0. The first-order valence-corrected chi connectivity index (χ1v) is 6.55. The molecule has 0 radical (unpaired) electrons. The van der Waals surface area contributed by atoms with Gasteiger partial charge in [-0.3, -0.25) is 10.1 Å². The minimum Gasteiger partial charge on any atom is -0.326 e. The van der Waals surface area contributed by atoms with Crippen LogP contribution in [0.15, 0.2) is 0 Å². The standard InChI is InChI=1S/C13H24N2O/c1-8(2)5-12-14-10(4)13(16)15(12)7-11-6-9(11)3/h8-12,14H,5-7H2,1-4H3. The quantitative estimate of drug-likeness (QED) is 0.790. The van der Waals surface area contributed by atoms with Gasteiger partial charge in [-0.1, -0.05) is 20.8 Å². The number of carbonyl (C=O) groups excluding carboxylic acids is 1. The Labute approximate surface area is 98.6 Å². The number of nitrogens with zero attached hydrogens (tertiary/aromatic N) is 1. The summed E-state index contributed by atoms with van der Waals surface area (Å²) >= 11 is 0. The van der Waals surface area contributed by atoms with Crippen LogP contribution in [0.5, 0.6) is 0 Å². The highest BCUT2D eigenvalue weighted by Crippen LogP contribution is 2.39. The van der Waals surface area contributed by atoms with E-state index in [4.69, 9.17) is 0 Å². The van der Waals surface area contributed by atoms with Gasteiger partial charge in [0.05, 0.1) is 12.2 Å². The van der Waals surface area contributed by atoms with Crippen molar-refractivity contribution >= 4 is 5.91 Å². The Hall–Kier alpha value is -0.570. The highest BCUT2D eigenvalue weighted by molar-refractivity contribution is 5.83. The minimum absolute atomic E-state index is 0.0119. The van der Waals surface area contributed by atoms with Crippen LogP contribution in [-0.2, 0) is 4.79 Å². The molecule has 2 aliphatic rings. The Bertz CT molecular complexity index is 277. The third-order valence-electron chi connectivity index (χ3n) is 3.87. The summed E-state index contributed by atoms with van der Waals surface area (Å²) in [5.41, 5.74) is 0. The van der Waals surface area contributed by atoms with Crippen LogP contribution < -0.4 is 5.32 Å². The van der Waals surface area contributed by atoms with E-state index in [0.29, 0.717) is 11.8 Å². The molecule has 1 amide bonds. The van der Waals surface area contributed by atoms with Gasteiger partial charge in [0.2, 0.25) is 5.91 Å². The van der Waals surface area contributed by atoms with Crippen LogP contribution in [0.25, 0.3) is 0 Å². The van der Waals surface area contributed by atoms with E-state index in [9.17, 15) is 4.79 Å². The Balaban J connectivity index is 1.96. The van der Waals surface area contributed by atoms with Gasteiger partial charge in [-0.25, -0.2) is 0 Å². The van der Waals surface area contributed by atoms with Crippen molar-refractivity contribution in [3.05, 3.63) is 0 Å². The lowest BCUT2D eigenvalue weighted by molar-refractivity contribution is -0.130. The Morgan fingerprint density at radius 1 is 1.44 bits per heavy atom. The maximum Gasteiger partial charge on any atom is 0.240 e. The zero-order chi connectivity index (χ0) is 11.9. The van der Waals surface area contributed by atoms with Crippen LogP contribution in [0.3, 0.4) is 0 Å². The lowest BCUT2D eigenvalue weighted by atomic mass is 10.1. The van der Waals surface area contributed by atoms with Gasteiger partial charge in [0.15, 0.2) is 0 Å². The van der Waals surface area contributed by atoms with Gasteiger partial charge in [0.1, 0.15) is 0 Å². The van der Waals surface area contributed by atoms with E-state index >= 15 is 0 Å². The van der Waals surface area contributed by atoms with Crippen LogP contribution in [-0.4, -0.2) is 29.6 Å². The van der Waals surface area contributed by atoms with Crippen molar-refractivity contribution in [1.29, 1.82) is 0 Å². The second kappa shape index (κ2) is 4.36. The smallest absolute Gasteiger partial charge is 0.240 e. The van der Waals surface area contributed by atoms with Gasteiger partial charge in [-0.05, 0) is 37.5 Å². The summed E-state index contributed by atoms with van der Waals surface area (Å²) in [6.45, 7) is 9.65. The third kappa shape index (κ3) is 2.40. The lowest BCUT2D eigenvalue weighted by Gasteiger charge is -2.25. The van der Waals surface area contributed by atoms with Crippen molar-refractivity contribution in [2.24, 2.45) is 17.8 Å². The first kappa shape index (κ1) is 11.9. The Kier molecular flexibility index (Phi) is 3.24. The topological polar surface area (TPSA) is 32.3 Å². The van der Waals surface area contributed by atoms with Crippen molar-refractivity contribution in [2.75, 3.05) is 6.54 Å². The maximum absolute atomic E-state index is 12.0. The lowest BCUT2D eigenvalue weighted by Crippen LogP contribution is -2.39. The van der Waals surface area contributed by atoms with Crippen LogP contribution in [0, 0.1) is 17.8 Å². The molecule has 0 spiro atoms. The summed E-state index contributed by atoms with van der Waals surface area (Å²) in [6.07, 6.45) is 2.64. The molecule has 3 nitrogen and oxygen atoms in total. The van der Waals surface area contributed by atoms with Crippen molar-refractivity contribution in [2.45, 2.75) is 52.7 Å². The van der Waals surface area contributed by atoms with E-state index < -0.39 is 0 Å². The van der Waals surface area contributed by atoms with Crippen molar-refractivity contribution in [3.63, 3.8) is 0 Å². The molecule has 1 heterocycles. The summed E-state index contributed by atoms with van der Waals surface area (Å²) in [6, 6.07) is 0.0119. The van der Waals surface area contributed by atoms with E-state index in [1.54, 1.807) is 0 Å². The molecule has 0 aromatic carbocycles. The molecule has 0 aromatic rings. The second-order valence-corrected chi connectivity index (χ2v) is 6.00. The molecule has 3 heteroatoms. The highest BCUT2D eigenvalue weighted by Gasteiger charge is 2.42. The van der Waals surface area contributed by atoms with Crippen molar-refractivity contribution in [3.8, 4) is 0 Å². The van der Waals surface area contributed by atoms with E-state index in [2.05, 4.69) is 31.0 Å². The van der Waals surface area contributed by atoms with E-state index in [1.165, 1.54) is 6.42 Å². The summed E-state index contributed by atoms with van der Waals surface area (Å²) in [5.74, 6) is 2.51. The average Bonchev–Trinajstić information content (AvgIpc) is 2.81. The number of nitrogens with one attached hydrogen (secondary N) is 1. The number of hydrogen-bond acceptors (Lipinski definition) is 2. The molecule has 0 aromatic heterocycles. The maximum atomic E-state index is 12.0. The molecule has 1 aliphatic carbocycles. The summed E-state index contributed by atoms with van der Waals surface area (Å²) in [4.78, 5) is 14.1. The first-order valence-electron chi connectivity index (χ1n) is 6.55. The number of carbonyl (C=O) groups is 1. The van der Waals surface area contributed by atoms with Gasteiger partial charge < -0.3 is 4.90 Å². The normalized spacial score (nSPS) is 38.6. The van der Waals surface area contributed by atoms with Gasteiger partial charge in [-0.15, -0.1) is 0 Å². The molecule has 16 heavy (non-hydrogen) atoms. The zero-order valence-electron chi connectivity index (χ0n) is 10.9. The molecular formula is C13H24N2O. The summed E-state index contributed by atoms with van der Waals surface area (Å²) in [5, 5.41) is 3.41. The molecule has 0 bridgehead atoms. The fraction of sp³-hybridized carbons (Fsp3) is 0.923. The van der Waals surface area contributed by atoms with Crippen LogP contribution >= 0.6 is 0 Å². The van der Waals surface area contributed by atoms with E-state index in [1.807, 2.05) is 6.92 Å². The molecule has 92 valence electrons. The van der Waals surface area contributed by atoms with Gasteiger partial charge in [0, 0.05) is 6.54 Å². The fourth-order valence-electron chi connectivity index (χ4n) is 2.62. The van der Waals surface area contributed by atoms with Gasteiger partial charge in [0.25, 0.3) is 0 Å². The molecule has 1 aliphatic heterocycles. The minimum atomic E-state index is 0.0119. The van der Waals surface area contributed by atoms with Crippen LogP contribution in [0.1, 0.15) is 40.5 Å². The molecule has 1 N–H and O–H groups in total. The highest BCUT2D eigenvalue weighted by atomic mass is 16.2. The SMILES string of the molecule is CC(C)CC1NC(C)C(=O)N1CC1CC1C. The third-order valence-corrected chi connectivity index (χ3v) is 3.87. The number of rotatable bonds is 4. The van der Waals surface area contributed by atoms with Crippen molar-refractivity contribution < 1.29 is 4.79 Å². The molecule has 2 fully saturated rings. The van der Waals surface area contributed by atoms with Gasteiger partial charge in [-0.2, -0.15) is 0 Å². The molecule has 4 atom stereocenters. The molecule has 4 unspecified atom stereocenters. The predicted octanol–water partition coefficient (Wildman–Crippen LogP) is 1.83. The van der Waals surface area contributed by atoms with Crippen molar-refractivity contribution in [1.82, 2.24) is 10.2 Å². The monoisotopic (exact) mass is 224 g/mol. The first-order chi connectivity index (χ1) is 7.49. The van der Waals surface area contributed by atoms with Crippen LogP contribution in [0.4, 0.5) is 0 Å². The summed E-state index contributed by atoms with van der Waals surface area (Å²) in [7, 11) is 0. The molecule has 1 saturated heterocycles. The molecule has 1 saturated carbocycles.